The van der Waals surface area contributed by atoms with Gasteiger partial charge in [0, 0.05) is 25.0 Å². The topological polar surface area (TPSA) is 71.2 Å². The molecule has 0 aliphatic heterocycles. The molecule has 5 heteroatoms. The van der Waals surface area contributed by atoms with E-state index in [1.807, 2.05) is 6.07 Å². The van der Waals surface area contributed by atoms with Gasteiger partial charge in [-0.25, -0.2) is 0 Å². The van der Waals surface area contributed by atoms with Crippen LogP contribution >= 0.6 is 0 Å². The van der Waals surface area contributed by atoms with Gasteiger partial charge in [-0.3, -0.25) is 9.78 Å². The summed E-state index contributed by atoms with van der Waals surface area (Å²) in [5.41, 5.74) is 6.30. The number of anilines is 1. The third kappa shape index (κ3) is 3.86. The normalized spacial score (nSPS) is 10.4. The molecule has 1 heterocycles. The van der Waals surface area contributed by atoms with Gasteiger partial charge in [-0.15, -0.1) is 0 Å². The third-order valence-corrected chi connectivity index (χ3v) is 2.37. The van der Waals surface area contributed by atoms with Crippen molar-refractivity contribution in [3.63, 3.8) is 0 Å². The monoisotopic (exact) mass is 222 g/mol. The molecule has 0 unspecified atom stereocenters. The Hall–Kier alpha value is -1.62. The molecule has 16 heavy (non-hydrogen) atoms. The minimum Gasteiger partial charge on any atom is -0.384 e. The number of rotatable bonds is 6. The first kappa shape index (κ1) is 12.4. The van der Waals surface area contributed by atoms with Crippen LogP contribution in [0.15, 0.2) is 18.3 Å². The quantitative estimate of drug-likeness (QED) is 0.737. The van der Waals surface area contributed by atoms with E-state index >= 15 is 0 Å². The Morgan fingerprint density at radius 3 is 3.00 bits per heavy atom. The predicted octanol–water partition coefficient (Wildman–Crippen LogP) is 0.544. The molecule has 1 rings (SSSR count). The molecule has 1 aromatic heterocycles. The number of likely N-dealkylation sites (N-methyl/N-ethyl adjacent to an activating group) is 1. The van der Waals surface area contributed by atoms with Crippen LogP contribution in [-0.4, -0.2) is 42.5 Å². The summed E-state index contributed by atoms with van der Waals surface area (Å²) in [6.45, 7) is 4.90. The fourth-order valence-electron chi connectivity index (χ4n) is 1.22. The molecule has 5 nitrogen and oxygen atoms in total. The minimum absolute atomic E-state index is 0.286. The lowest BCUT2D eigenvalue weighted by Gasteiger charge is -2.14. The molecular formula is C11H18N4O. The molecule has 88 valence electrons. The van der Waals surface area contributed by atoms with Gasteiger partial charge >= 0.3 is 0 Å². The van der Waals surface area contributed by atoms with E-state index in [0.29, 0.717) is 0 Å². The Morgan fingerprint density at radius 2 is 2.38 bits per heavy atom. The summed E-state index contributed by atoms with van der Waals surface area (Å²) in [5.74, 6) is -0.505. The summed E-state index contributed by atoms with van der Waals surface area (Å²) in [6.07, 6.45) is 1.58. The maximum absolute atomic E-state index is 10.9. The van der Waals surface area contributed by atoms with E-state index < -0.39 is 5.91 Å². The van der Waals surface area contributed by atoms with Gasteiger partial charge in [0.2, 0.25) is 0 Å². The number of primary amides is 1. The first-order valence-electron chi connectivity index (χ1n) is 5.31. The number of hydrogen-bond acceptors (Lipinski definition) is 4. The Bertz CT molecular complexity index is 354. The van der Waals surface area contributed by atoms with Crippen LogP contribution < -0.4 is 11.1 Å². The first-order valence-corrected chi connectivity index (χ1v) is 5.31. The van der Waals surface area contributed by atoms with Gasteiger partial charge in [-0.2, -0.15) is 0 Å². The molecule has 0 fully saturated rings. The Labute approximate surface area is 95.7 Å². The number of hydrogen-bond donors (Lipinski definition) is 2. The summed E-state index contributed by atoms with van der Waals surface area (Å²) in [7, 11) is 2.06. The highest BCUT2D eigenvalue weighted by atomic mass is 16.1. The van der Waals surface area contributed by atoms with E-state index in [1.165, 1.54) is 0 Å². The third-order valence-electron chi connectivity index (χ3n) is 2.37. The molecule has 0 bridgehead atoms. The molecule has 3 N–H and O–H groups in total. The number of pyridine rings is 1. The van der Waals surface area contributed by atoms with Crippen LogP contribution in [0.2, 0.25) is 0 Å². The van der Waals surface area contributed by atoms with E-state index in [2.05, 4.69) is 29.2 Å². The molecule has 0 saturated heterocycles. The van der Waals surface area contributed by atoms with E-state index in [9.17, 15) is 4.79 Å². The van der Waals surface area contributed by atoms with Gasteiger partial charge in [0.25, 0.3) is 5.91 Å². The Kier molecular flexibility index (Phi) is 4.72. The number of amides is 1. The molecule has 0 aromatic carbocycles. The lowest BCUT2D eigenvalue weighted by atomic mass is 10.3. The highest BCUT2D eigenvalue weighted by Crippen LogP contribution is 2.06. The number of nitrogens with zero attached hydrogens (tertiary/aromatic N) is 2. The zero-order chi connectivity index (χ0) is 12.0. The maximum Gasteiger partial charge on any atom is 0.267 e. The number of nitrogens with one attached hydrogen (secondary N) is 1. The van der Waals surface area contributed by atoms with Gasteiger partial charge < -0.3 is 16.0 Å². The van der Waals surface area contributed by atoms with Gasteiger partial charge in [0.15, 0.2) is 0 Å². The van der Waals surface area contributed by atoms with Crippen molar-refractivity contribution < 1.29 is 4.79 Å². The highest BCUT2D eigenvalue weighted by Gasteiger charge is 2.02. The average molecular weight is 222 g/mol. The van der Waals surface area contributed by atoms with Crippen molar-refractivity contribution in [2.24, 2.45) is 5.73 Å². The van der Waals surface area contributed by atoms with E-state index in [4.69, 9.17) is 5.73 Å². The fourth-order valence-corrected chi connectivity index (χ4v) is 1.22. The second kappa shape index (κ2) is 6.07. The van der Waals surface area contributed by atoms with Crippen LogP contribution in [-0.2, 0) is 0 Å². The molecular weight excluding hydrogens is 204 g/mol. The minimum atomic E-state index is -0.505. The van der Waals surface area contributed by atoms with Crippen molar-refractivity contribution in [1.29, 1.82) is 0 Å². The lowest BCUT2D eigenvalue weighted by molar-refractivity contribution is 0.0995. The summed E-state index contributed by atoms with van der Waals surface area (Å²) >= 11 is 0. The van der Waals surface area contributed by atoms with Crippen LogP contribution in [0, 0.1) is 0 Å². The van der Waals surface area contributed by atoms with Crippen molar-refractivity contribution in [3.8, 4) is 0 Å². The molecule has 1 amide bonds. The van der Waals surface area contributed by atoms with Crippen LogP contribution in [0.25, 0.3) is 0 Å². The zero-order valence-electron chi connectivity index (χ0n) is 9.73. The van der Waals surface area contributed by atoms with Crippen molar-refractivity contribution >= 4 is 11.6 Å². The molecule has 0 aliphatic carbocycles. The van der Waals surface area contributed by atoms with Gasteiger partial charge in [-0.05, 0) is 25.7 Å². The lowest BCUT2D eigenvalue weighted by Crippen LogP contribution is -2.24. The summed E-state index contributed by atoms with van der Waals surface area (Å²) in [6, 6.07) is 3.48. The van der Waals surface area contributed by atoms with Gasteiger partial charge in [-0.1, -0.05) is 6.92 Å². The first-order chi connectivity index (χ1) is 7.63. The van der Waals surface area contributed by atoms with E-state index in [1.54, 1.807) is 12.3 Å². The fraction of sp³-hybridized carbons (Fsp3) is 0.455. The van der Waals surface area contributed by atoms with Crippen LogP contribution in [0.1, 0.15) is 17.4 Å². The van der Waals surface area contributed by atoms with Crippen molar-refractivity contribution in [3.05, 3.63) is 24.0 Å². The van der Waals surface area contributed by atoms with E-state index in [-0.39, 0.29) is 5.69 Å². The zero-order valence-corrected chi connectivity index (χ0v) is 9.73. The average Bonchev–Trinajstić information content (AvgIpc) is 2.29. The number of carbonyl (C=O) groups is 1. The SMILES string of the molecule is CCN(C)CCNc1ccnc(C(N)=O)c1. The maximum atomic E-state index is 10.9. The molecule has 1 aromatic rings. The second-order valence-corrected chi connectivity index (χ2v) is 3.62. The summed E-state index contributed by atoms with van der Waals surface area (Å²) in [5, 5.41) is 3.22. The summed E-state index contributed by atoms with van der Waals surface area (Å²) < 4.78 is 0. The van der Waals surface area contributed by atoms with Crippen molar-refractivity contribution in [1.82, 2.24) is 9.88 Å². The van der Waals surface area contributed by atoms with Crippen LogP contribution in [0.3, 0.4) is 0 Å². The highest BCUT2D eigenvalue weighted by molar-refractivity contribution is 5.91. The Morgan fingerprint density at radius 1 is 1.62 bits per heavy atom. The molecule has 0 aliphatic rings. The smallest absolute Gasteiger partial charge is 0.267 e. The van der Waals surface area contributed by atoms with E-state index in [0.717, 1.165) is 25.3 Å². The number of aromatic nitrogens is 1. The number of nitrogens with two attached hydrogens (primary N) is 1. The van der Waals surface area contributed by atoms with Crippen LogP contribution in [0.4, 0.5) is 5.69 Å². The predicted molar refractivity (Wildman–Crippen MR) is 64.4 cm³/mol. The molecule has 0 atom stereocenters. The molecule has 0 spiro atoms. The van der Waals surface area contributed by atoms with Crippen molar-refractivity contribution in [2.45, 2.75) is 6.92 Å². The van der Waals surface area contributed by atoms with Crippen LogP contribution in [0.5, 0.6) is 0 Å². The van der Waals surface area contributed by atoms with Crippen molar-refractivity contribution in [2.75, 3.05) is 32.0 Å². The second-order valence-electron chi connectivity index (χ2n) is 3.62. The Balaban J connectivity index is 2.48. The summed E-state index contributed by atoms with van der Waals surface area (Å²) in [4.78, 5) is 17.0. The molecule has 0 radical (unpaired) electrons. The standard InChI is InChI=1S/C11H18N4O/c1-3-15(2)7-6-13-9-4-5-14-10(8-9)11(12)16/h4-5,8H,3,6-7H2,1-2H3,(H2,12,16)(H,13,14). The largest absolute Gasteiger partial charge is 0.384 e. The van der Waals surface area contributed by atoms with Gasteiger partial charge in [0.1, 0.15) is 5.69 Å². The van der Waals surface area contributed by atoms with Gasteiger partial charge in [0.05, 0.1) is 0 Å². The molecule has 0 saturated carbocycles. The number of carbonyl (C=O) groups excluding carboxylic acids is 1.